The van der Waals surface area contributed by atoms with Crippen LogP contribution in [0.15, 0.2) is 48.8 Å². The van der Waals surface area contributed by atoms with Crippen LogP contribution in [0.3, 0.4) is 0 Å². The summed E-state index contributed by atoms with van der Waals surface area (Å²) in [7, 11) is 4.08. The van der Waals surface area contributed by atoms with Gasteiger partial charge in [0.2, 0.25) is 0 Å². The van der Waals surface area contributed by atoms with Gasteiger partial charge in [-0.2, -0.15) is 0 Å². The Kier molecular flexibility index (Phi) is 4.90. The monoisotopic (exact) mass is 327 g/mol. The molecule has 0 radical (unpaired) electrons. The second kappa shape index (κ2) is 7.09. The van der Waals surface area contributed by atoms with Crippen molar-refractivity contribution >= 4 is 5.91 Å². The zero-order valence-electron chi connectivity index (χ0n) is 14.0. The highest BCUT2D eigenvalue weighted by atomic mass is 19.1. The van der Waals surface area contributed by atoms with E-state index in [-0.39, 0.29) is 23.8 Å². The summed E-state index contributed by atoms with van der Waals surface area (Å²) in [5, 5.41) is 0. The number of aromatic nitrogens is 1. The topological polar surface area (TPSA) is 36.4 Å². The highest BCUT2D eigenvalue weighted by molar-refractivity contribution is 5.94. The van der Waals surface area contributed by atoms with Crippen molar-refractivity contribution in [3.63, 3.8) is 0 Å². The number of pyridine rings is 1. The lowest BCUT2D eigenvalue weighted by Gasteiger charge is -2.31. The number of likely N-dealkylation sites (tertiary alicyclic amines) is 1. The summed E-state index contributed by atoms with van der Waals surface area (Å²) in [6.07, 6.45) is 5.25. The van der Waals surface area contributed by atoms with Gasteiger partial charge in [0, 0.05) is 30.5 Å². The summed E-state index contributed by atoms with van der Waals surface area (Å²) in [5.41, 5.74) is 1.51. The first-order valence-corrected chi connectivity index (χ1v) is 8.18. The molecule has 2 aromatic rings. The van der Waals surface area contributed by atoms with E-state index in [4.69, 9.17) is 0 Å². The largest absolute Gasteiger partial charge is 0.334 e. The standard InChI is InChI=1S/C19H22FN3O/c1-22(2)17-8-10-23(18(17)11-14-5-4-9-21-13-14)19(24)15-6-3-7-16(20)12-15/h3-7,9,12-13,17-18H,8,10-11H2,1-2H3/t17-,18+/m1/s1. The van der Waals surface area contributed by atoms with Crippen molar-refractivity contribution in [1.82, 2.24) is 14.8 Å². The summed E-state index contributed by atoms with van der Waals surface area (Å²) >= 11 is 0. The van der Waals surface area contributed by atoms with Gasteiger partial charge in [0.15, 0.2) is 0 Å². The van der Waals surface area contributed by atoms with Crippen molar-refractivity contribution in [2.45, 2.75) is 24.9 Å². The maximum atomic E-state index is 13.5. The van der Waals surface area contributed by atoms with Crippen LogP contribution in [0, 0.1) is 5.82 Å². The molecule has 1 aromatic heterocycles. The van der Waals surface area contributed by atoms with E-state index in [1.165, 1.54) is 12.1 Å². The van der Waals surface area contributed by atoms with Crippen LogP contribution in [0.1, 0.15) is 22.3 Å². The Morgan fingerprint density at radius 2 is 2.17 bits per heavy atom. The summed E-state index contributed by atoms with van der Waals surface area (Å²) in [6, 6.07) is 10.2. The van der Waals surface area contributed by atoms with E-state index in [2.05, 4.69) is 9.88 Å². The van der Waals surface area contributed by atoms with Gasteiger partial charge in [-0.25, -0.2) is 4.39 Å². The lowest BCUT2D eigenvalue weighted by molar-refractivity contribution is 0.0704. The Labute approximate surface area is 141 Å². The molecule has 3 rings (SSSR count). The number of amides is 1. The number of hydrogen-bond acceptors (Lipinski definition) is 3. The van der Waals surface area contributed by atoms with Crippen LogP contribution in [0.4, 0.5) is 4.39 Å². The third kappa shape index (κ3) is 3.46. The minimum absolute atomic E-state index is 0.0555. The summed E-state index contributed by atoms with van der Waals surface area (Å²) in [6.45, 7) is 0.684. The lowest BCUT2D eigenvalue weighted by atomic mass is 10.00. The molecule has 1 aromatic carbocycles. The molecule has 0 saturated carbocycles. The van der Waals surface area contributed by atoms with Gasteiger partial charge in [-0.05, 0) is 56.8 Å². The molecule has 4 nitrogen and oxygen atoms in total. The Hall–Kier alpha value is -2.27. The van der Waals surface area contributed by atoms with Crippen LogP contribution >= 0.6 is 0 Å². The Morgan fingerprint density at radius 1 is 1.33 bits per heavy atom. The van der Waals surface area contributed by atoms with Gasteiger partial charge >= 0.3 is 0 Å². The smallest absolute Gasteiger partial charge is 0.254 e. The van der Waals surface area contributed by atoms with Gasteiger partial charge in [-0.1, -0.05) is 12.1 Å². The number of benzene rings is 1. The predicted molar refractivity (Wildman–Crippen MR) is 91.3 cm³/mol. The van der Waals surface area contributed by atoms with E-state index in [0.29, 0.717) is 12.1 Å². The van der Waals surface area contributed by atoms with Crippen molar-refractivity contribution < 1.29 is 9.18 Å². The number of rotatable bonds is 4. The second-order valence-corrected chi connectivity index (χ2v) is 6.46. The number of carbonyl (C=O) groups excluding carboxylic acids is 1. The van der Waals surface area contributed by atoms with Gasteiger partial charge in [-0.15, -0.1) is 0 Å². The molecule has 0 bridgehead atoms. The molecule has 1 amide bonds. The van der Waals surface area contributed by atoms with Gasteiger partial charge in [-0.3, -0.25) is 9.78 Å². The average Bonchev–Trinajstić information content (AvgIpc) is 2.99. The molecule has 5 heteroatoms. The van der Waals surface area contributed by atoms with Crippen LogP contribution in [0.5, 0.6) is 0 Å². The molecule has 0 spiro atoms. The molecule has 24 heavy (non-hydrogen) atoms. The van der Waals surface area contributed by atoms with Crippen molar-refractivity contribution in [2.24, 2.45) is 0 Å². The molecule has 1 aliphatic heterocycles. The van der Waals surface area contributed by atoms with Gasteiger partial charge in [0.25, 0.3) is 5.91 Å². The normalized spacial score (nSPS) is 20.6. The second-order valence-electron chi connectivity index (χ2n) is 6.46. The molecular weight excluding hydrogens is 305 g/mol. The molecule has 0 unspecified atom stereocenters. The molecular formula is C19H22FN3O. The van der Waals surface area contributed by atoms with Crippen LogP contribution in [-0.4, -0.2) is 53.4 Å². The Bertz CT molecular complexity index is 705. The SMILES string of the molecule is CN(C)[C@@H]1CCN(C(=O)c2cccc(F)c2)[C@H]1Cc1cccnc1. The maximum Gasteiger partial charge on any atom is 0.254 e. The van der Waals surface area contributed by atoms with Gasteiger partial charge < -0.3 is 9.80 Å². The first kappa shape index (κ1) is 16.6. The predicted octanol–water partition coefficient (Wildman–Crippen LogP) is 2.61. The van der Waals surface area contributed by atoms with Crippen molar-refractivity contribution in [2.75, 3.05) is 20.6 Å². The number of hydrogen-bond donors (Lipinski definition) is 0. The van der Waals surface area contributed by atoms with Crippen LogP contribution in [0.25, 0.3) is 0 Å². The van der Waals surface area contributed by atoms with E-state index in [9.17, 15) is 9.18 Å². The fraction of sp³-hybridized carbons (Fsp3) is 0.368. The molecule has 126 valence electrons. The molecule has 2 atom stereocenters. The number of likely N-dealkylation sites (N-methyl/N-ethyl adjacent to an activating group) is 1. The zero-order valence-corrected chi connectivity index (χ0v) is 14.0. The highest BCUT2D eigenvalue weighted by Crippen LogP contribution is 2.26. The molecule has 0 N–H and O–H groups in total. The van der Waals surface area contributed by atoms with Gasteiger partial charge in [0.05, 0.1) is 6.04 Å². The fourth-order valence-corrected chi connectivity index (χ4v) is 3.49. The van der Waals surface area contributed by atoms with E-state index in [1.54, 1.807) is 18.3 Å². The van der Waals surface area contributed by atoms with Crippen molar-refractivity contribution in [1.29, 1.82) is 0 Å². The minimum atomic E-state index is -0.381. The fourth-order valence-electron chi connectivity index (χ4n) is 3.49. The van der Waals surface area contributed by atoms with Gasteiger partial charge in [0.1, 0.15) is 5.82 Å². The van der Waals surface area contributed by atoms with Crippen LogP contribution in [-0.2, 0) is 6.42 Å². The third-order valence-corrected chi connectivity index (χ3v) is 4.67. The number of carbonyl (C=O) groups is 1. The van der Waals surface area contributed by atoms with Crippen LogP contribution < -0.4 is 0 Å². The lowest BCUT2D eigenvalue weighted by Crippen LogP contribution is -2.45. The summed E-state index contributed by atoms with van der Waals surface area (Å²) in [5.74, 6) is -0.485. The third-order valence-electron chi connectivity index (χ3n) is 4.67. The van der Waals surface area contributed by atoms with E-state index in [1.807, 2.05) is 37.3 Å². The van der Waals surface area contributed by atoms with E-state index < -0.39 is 0 Å². The molecule has 1 aliphatic rings. The van der Waals surface area contributed by atoms with Crippen molar-refractivity contribution in [3.8, 4) is 0 Å². The molecule has 1 saturated heterocycles. The van der Waals surface area contributed by atoms with E-state index >= 15 is 0 Å². The number of nitrogens with zero attached hydrogens (tertiary/aromatic N) is 3. The summed E-state index contributed by atoms with van der Waals surface area (Å²) in [4.78, 5) is 21.1. The molecule has 0 aliphatic carbocycles. The molecule has 2 heterocycles. The Morgan fingerprint density at radius 3 is 2.83 bits per heavy atom. The quantitative estimate of drug-likeness (QED) is 0.866. The molecule has 1 fully saturated rings. The van der Waals surface area contributed by atoms with Crippen molar-refractivity contribution in [3.05, 3.63) is 65.7 Å². The van der Waals surface area contributed by atoms with Crippen LogP contribution in [0.2, 0.25) is 0 Å². The van der Waals surface area contributed by atoms with E-state index in [0.717, 1.165) is 18.4 Å². The highest BCUT2D eigenvalue weighted by Gasteiger charge is 2.38. The maximum absolute atomic E-state index is 13.5. The summed E-state index contributed by atoms with van der Waals surface area (Å²) < 4.78 is 13.5. The minimum Gasteiger partial charge on any atom is -0.334 e. The Balaban J connectivity index is 1.86. The first-order valence-electron chi connectivity index (χ1n) is 8.18. The average molecular weight is 327 g/mol. The number of halogens is 1. The zero-order chi connectivity index (χ0) is 17.1. The first-order chi connectivity index (χ1) is 11.6.